The predicted molar refractivity (Wildman–Crippen MR) is 70.1 cm³/mol. The van der Waals surface area contributed by atoms with Gasteiger partial charge in [0.05, 0.1) is 6.04 Å². The van der Waals surface area contributed by atoms with Gasteiger partial charge in [-0.3, -0.25) is 0 Å². The first-order chi connectivity index (χ1) is 7.19. The SMILES string of the molecule is C=CC(NCCC)c1ccc(C)cc1Br. The molecule has 2 heteroatoms. The van der Waals surface area contributed by atoms with Crippen LogP contribution in [-0.4, -0.2) is 6.54 Å². The van der Waals surface area contributed by atoms with Crippen LogP contribution in [0.4, 0.5) is 0 Å². The van der Waals surface area contributed by atoms with Gasteiger partial charge in [0.15, 0.2) is 0 Å². The summed E-state index contributed by atoms with van der Waals surface area (Å²) in [6.45, 7) is 9.14. The molecule has 1 rings (SSSR count). The molecule has 1 nitrogen and oxygen atoms in total. The van der Waals surface area contributed by atoms with Crippen LogP contribution in [0.2, 0.25) is 0 Å². The lowest BCUT2D eigenvalue weighted by molar-refractivity contribution is 0.612. The maximum atomic E-state index is 3.87. The molecule has 1 aromatic rings. The van der Waals surface area contributed by atoms with E-state index in [1.54, 1.807) is 0 Å². The second kappa shape index (κ2) is 6.09. The summed E-state index contributed by atoms with van der Waals surface area (Å²) in [7, 11) is 0. The second-order valence-electron chi connectivity index (χ2n) is 3.69. The molecule has 0 aliphatic carbocycles. The largest absolute Gasteiger partial charge is 0.307 e. The van der Waals surface area contributed by atoms with Crippen molar-refractivity contribution in [3.63, 3.8) is 0 Å². The molecule has 82 valence electrons. The van der Waals surface area contributed by atoms with E-state index in [0.717, 1.165) is 17.4 Å². The Morgan fingerprint density at radius 1 is 1.53 bits per heavy atom. The first-order valence-corrected chi connectivity index (χ1v) is 6.10. The van der Waals surface area contributed by atoms with Crippen LogP contribution in [0.25, 0.3) is 0 Å². The van der Waals surface area contributed by atoms with E-state index in [2.05, 4.69) is 59.9 Å². The normalized spacial score (nSPS) is 12.5. The minimum Gasteiger partial charge on any atom is -0.307 e. The molecule has 0 radical (unpaired) electrons. The third-order valence-corrected chi connectivity index (χ3v) is 3.03. The van der Waals surface area contributed by atoms with Gasteiger partial charge in [-0.15, -0.1) is 6.58 Å². The number of rotatable bonds is 5. The molecule has 0 saturated carbocycles. The number of halogens is 1. The van der Waals surface area contributed by atoms with Crippen molar-refractivity contribution in [3.8, 4) is 0 Å². The van der Waals surface area contributed by atoms with E-state index in [1.165, 1.54) is 11.1 Å². The van der Waals surface area contributed by atoms with Gasteiger partial charge < -0.3 is 5.32 Å². The standard InChI is InChI=1S/C13H18BrN/c1-4-8-15-13(5-2)11-7-6-10(3)9-12(11)14/h5-7,9,13,15H,2,4,8H2,1,3H3. The van der Waals surface area contributed by atoms with E-state index in [4.69, 9.17) is 0 Å². The molecule has 0 saturated heterocycles. The zero-order valence-corrected chi connectivity index (χ0v) is 11.0. The molecule has 0 heterocycles. The summed E-state index contributed by atoms with van der Waals surface area (Å²) in [5.74, 6) is 0. The van der Waals surface area contributed by atoms with Crippen molar-refractivity contribution < 1.29 is 0 Å². The lowest BCUT2D eigenvalue weighted by atomic mass is 10.1. The Morgan fingerprint density at radius 3 is 2.80 bits per heavy atom. The molecule has 15 heavy (non-hydrogen) atoms. The molecule has 0 amide bonds. The number of hydrogen-bond donors (Lipinski definition) is 1. The number of aryl methyl sites for hydroxylation is 1. The van der Waals surface area contributed by atoms with Crippen molar-refractivity contribution >= 4 is 15.9 Å². The highest BCUT2D eigenvalue weighted by atomic mass is 79.9. The van der Waals surface area contributed by atoms with Crippen molar-refractivity contribution in [2.45, 2.75) is 26.3 Å². The molecule has 0 aromatic heterocycles. The molecular formula is C13H18BrN. The minimum absolute atomic E-state index is 0.236. The van der Waals surface area contributed by atoms with E-state index >= 15 is 0 Å². The Labute approximate surface area is 101 Å². The van der Waals surface area contributed by atoms with Crippen LogP contribution in [0.3, 0.4) is 0 Å². The predicted octanol–water partition coefficient (Wildman–Crippen LogP) is 3.98. The van der Waals surface area contributed by atoms with Crippen molar-refractivity contribution in [2.24, 2.45) is 0 Å². The maximum Gasteiger partial charge on any atom is 0.0514 e. The van der Waals surface area contributed by atoms with E-state index in [0.29, 0.717) is 0 Å². The van der Waals surface area contributed by atoms with Crippen LogP contribution in [0.1, 0.15) is 30.5 Å². The Hall–Kier alpha value is -0.600. The maximum absolute atomic E-state index is 3.87. The van der Waals surface area contributed by atoms with E-state index in [-0.39, 0.29) is 6.04 Å². The fourth-order valence-corrected chi connectivity index (χ4v) is 2.24. The average Bonchev–Trinajstić information content (AvgIpc) is 2.21. The summed E-state index contributed by atoms with van der Waals surface area (Å²) < 4.78 is 1.15. The van der Waals surface area contributed by atoms with E-state index in [1.807, 2.05) is 6.08 Å². The number of hydrogen-bond acceptors (Lipinski definition) is 1. The van der Waals surface area contributed by atoms with Gasteiger partial charge in [0.25, 0.3) is 0 Å². The summed E-state index contributed by atoms with van der Waals surface area (Å²) >= 11 is 3.59. The van der Waals surface area contributed by atoms with Gasteiger partial charge in [0.1, 0.15) is 0 Å². The minimum atomic E-state index is 0.236. The summed E-state index contributed by atoms with van der Waals surface area (Å²) in [6, 6.07) is 6.65. The monoisotopic (exact) mass is 267 g/mol. The smallest absolute Gasteiger partial charge is 0.0514 e. The van der Waals surface area contributed by atoms with Gasteiger partial charge in [-0.05, 0) is 37.1 Å². The molecule has 0 bridgehead atoms. The van der Waals surface area contributed by atoms with Gasteiger partial charge in [0.2, 0.25) is 0 Å². The fourth-order valence-electron chi connectivity index (χ4n) is 1.50. The molecule has 0 aliphatic rings. The highest BCUT2D eigenvalue weighted by Crippen LogP contribution is 2.25. The highest BCUT2D eigenvalue weighted by molar-refractivity contribution is 9.10. The molecule has 1 atom stereocenters. The first kappa shape index (κ1) is 12.5. The molecule has 1 aromatic carbocycles. The van der Waals surface area contributed by atoms with Crippen LogP contribution >= 0.6 is 15.9 Å². The lowest BCUT2D eigenvalue weighted by Crippen LogP contribution is -2.20. The summed E-state index contributed by atoms with van der Waals surface area (Å²) in [4.78, 5) is 0. The average molecular weight is 268 g/mol. The molecule has 0 fully saturated rings. The van der Waals surface area contributed by atoms with Gasteiger partial charge >= 0.3 is 0 Å². The Balaban J connectivity index is 2.86. The van der Waals surface area contributed by atoms with Crippen molar-refractivity contribution in [3.05, 3.63) is 46.5 Å². The number of nitrogens with one attached hydrogen (secondary N) is 1. The molecule has 1 unspecified atom stereocenters. The van der Waals surface area contributed by atoms with Crippen molar-refractivity contribution in [1.82, 2.24) is 5.32 Å². The first-order valence-electron chi connectivity index (χ1n) is 5.31. The second-order valence-corrected chi connectivity index (χ2v) is 4.55. The summed E-state index contributed by atoms with van der Waals surface area (Å²) in [5.41, 5.74) is 2.52. The van der Waals surface area contributed by atoms with Crippen molar-refractivity contribution in [1.29, 1.82) is 0 Å². The zero-order valence-electron chi connectivity index (χ0n) is 9.39. The third kappa shape index (κ3) is 3.47. The lowest BCUT2D eigenvalue weighted by Gasteiger charge is -2.16. The van der Waals surface area contributed by atoms with Gasteiger partial charge in [-0.2, -0.15) is 0 Å². The van der Waals surface area contributed by atoms with Crippen LogP contribution in [0.15, 0.2) is 35.3 Å². The van der Waals surface area contributed by atoms with E-state index < -0.39 is 0 Å². The van der Waals surface area contributed by atoms with E-state index in [9.17, 15) is 0 Å². The van der Waals surface area contributed by atoms with Crippen molar-refractivity contribution in [2.75, 3.05) is 6.54 Å². The van der Waals surface area contributed by atoms with Crippen LogP contribution < -0.4 is 5.32 Å². The third-order valence-electron chi connectivity index (χ3n) is 2.34. The molecule has 0 aliphatic heterocycles. The zero-order chi connectivity index (χ0) is 11.3. The van der Waals surface area contributed by atoms with Gasteiger partial charge in [0, 0.05) is 4.47 Å². The van der Waals surface area contributed by atoms with Crippen LogP contribution in [0.5, 0.6) is 0 Å². The Kier molecular flexibility index (Phi) is 5.06. The Bertz CT molecular complexity index is 333. The molecule has 0 spiro atoms. The number of benzene rings is 1. The molecular weight excluding hydrogens is 250 g/mol. The van der Waals surface area contributed by atoms with Gasteiger partial charge in [-0.1, -0.05) is 41.1 Å². The quantitative estimate of drug-likeness (QED) is 0.796. The van der Waals surface area contributed by atoms with Crippen LogP contribution in [-0.2, 0) is 0 Å². The summed E-state index contributed by atoms with van der Waals surface area (Å²) in [6.07, 6.45) is 3.08. The van der Waals surface area contributed by atoms with Crippen LogP contribution in [0, 0.1) is 6.92 Å². The Morgan fingerprint density at radius 2 is 2.27 bits per heavy atom. The summed E-state index contributed by atoms with van der Waals surface area (Å²) in [5, 5.41) is 3.45. The topological polar surface area (TPSA) is 12.0 Å². The molecule has 1 N–H and O–H groups in total. The highest BCUT2D eigenvalue weighted by Gasteiger charge is 2.09. The fraction of sp³-hybridized carbons (Fsp3) is 0.385. The van der Waals surface area contributed by atoms with Gasteiger partial charge in [-0.25, -0.2) is 0 Å².